The van der Waals surface area contributed by atoms with Gasteiger partial charge in [0.1, 0.15) is 11.9 Å². The third-order valence-electron chi connectivity index (χ3n) is 3.23. The van der Waals surface area contributed by atoms with Crippen LogP contribution in [0.1, 0.15) is 25.1 Å². The van der Waals surface area contributed by atoms with Crippen LogP contribution >= 0.6 is 0 Å². The summed E-state index contributed by atoms with van der Waals surface area (Å²) in [5.41, 5.74) is 0.714. The number of hydrogen-bond acceptors (Lipinski definition) is 3. The fraction of sp³-hybridized carbons (Fsp3) is 0.462. The van der Waals surface area contributed by atoms with Gasteiger partial charge < -0.3 is 9.64 Å². The first-order chi connectivity index (χ1) is 9.31. The summed E-state index contributed by atoms with van der Waals surface area (Å²) in [5, 5.41) is 3.14. The van der Waals surface area contributed by atoms with Crippen LogP contribution in [0, 0.1) is 0 Å². The number of hydrogen-bond donors (Lipinski definition) is 1. The van der Waals surface area contributed by atoms with Crippen LogP contribution in [-0.4, -0.2) is 30.3 Å². The van der Waals surface area contributed by atoms with E-state index in [1.54, 1.807) is 11.9 Å². The summed E-state index contributed by atoms with van der Waals surface area (Å²) in [6.07, 6.45) is -4.37. The van der Waals surface area contributed by atoms with Gasteiger partial charge in [0.15, 0.2) is 0 Å². The van der Waals surface area contributed by atoms with Gasteiger partial charge in [0, 0.05) is 7.05 Å². The van der Waals surface area contributed by atoms with Crippen molar-refractivity contribution in [1.82, 2.24) is 10.2 Å². The molecule has 0 aromatic heterocycles. The zero-order valence-electron chi connectivity index (χ0n) is 11.1. The summed E-state index contributed by atoms with van der Waals surface area (Å²) in [5.74, 6) is -0.298. The van der Waals surface area contributed by atoms with Crippen molar-refractivity contribution in [2.45, 2.75) is 31.9 Å². The number of amides is 1. The van der Waals surface area contributed by atoms with Gasteiger partial charge in [-0.15, -0.1) is 13.2 Å². The van der Waals surface area contributed by atoms with Gasteiger partial charge in [0.05, 0.1) is 6.04 Å². The number of benzene rings is 1. The Kier molecular flexibility index (Phi) is 3.89. The molecule has 2 atom stereocenters. The van der Waals surface area contributed by atoms with Crippen molar-refractivity contribution in [1.29, 1.82) is 0 Å². The van der Waals surface area contributed by atoms with Crippen LogP contribution < -0.4 is 10.1 Å². The standard InChI is InChI=1S/C13H15F3N2O2/c1-3-10-12(19)18(2)11(17-10)8-4-6-9(7-5-8)20-13(14,15)16/h4-7,10-11,17H,3H2,1-2H3. The van der Waals surface area contributed by atoms with Crippen LogP contribution in [0.25, 0.3) is 0 Å². The Hall–Kier alpha value is -1.76. The number of rotatable bonds is 3. The van der Waals surface area contributed by atoms with Gasteiger partial charge >= 0.3 is 6.36 Å². The van der Waals surface area contributed by atoms with Gasteiger partial charge in [-0.1, -0.05) is 19.1 Å². The van der Waals surface area contributed by atoms with E-state index in [0.29, 0.717) is 12.0 Å². The summed E-state index contributed by atoms with van der Waals surface area (Å²) < 4.78 is 40.0. The molecule has 2 unspecified atom stereocenters. The first kappa shape index (κ1) is 14.6. The fourth-order valence-corrected chi connectivity index (χ4v) is 2.21. The molecule has 20 heavy (non-hydrogen) atoms. The van der Waals surface area contributed by atoms with Crippen molar-refractivity contribution in [2.75, 3.05) is 7.05 Å². The molecule has 0 saturated carbocycles. The number of nitrogens with zero attached hydrogens (tertiary/aromatic N) is 1. The van der Waals surface area contributed by atoms with Gasteiger partial charge in [-0.05, 0) is 24.1 Å². The molecule has 110 valence electrons. The van der Waals surface area contributed by atoms with Crippen molar-refractivity contribution in [3.05, 3.63) is 29.8 Å². The smallest absolute Gasteiger partial charge is 0.406 e. The number of carbonyl (C=O) groups excluding carboxylic acids is 1. The molecule has 2 rings (SSSR count). The monoisotopic (exact) mass is 288 g/mol. The average Bonchev–Trinajstić information content (AvgIpc) is 2.65. The minimum absolute atomic E-state index is 0.0203. The van der Waals surface area contributed by atoms with Crippen molar-refractivity contribution in [3.63, 3.8) is 0 Å². The topological polar surface area (TPSA) is 41.6 Å². The van der Waals surface area contributed by atoms with Crippen LogP contribution in [-0.2, 0) is 4.79 Å². The van der Waals surface area contributed by atoms with E-state index in [4.69, 9.17) is 0 Å². The van der Waals surface area contributed by atoms with E-state index in [9.17, 15) is 18.0 Å². The number of alkyl halides is 3. The van der Waals surface area contributed by atoms with Crippen LogP contribution in [0.2, 0.25) is 0 Å². The highest BCUT2D eigenvalue weighted by Crippen LogP contribution is 2.28. The third-order valence-corrected chi connectivity index (χ3v) is 3.23. The van der Waals surface area contributed by atoms with Gasteiger partial charge in [0.2, 0.25) is 5.91 Å². The Morgan fingerprint density at radius 3 is 2.35 bits per heavy atom. The van der Waals surface area contributed by atoms with E-state index < -0.39 is 6.36 Å². The Morgan fingerprint density at radius 2 is 1.90 bits per heavy atom. The largest absolute Gasteiger partial charge is 0.573 e. The molecule has 7 heteroatoms. The molecule has 1 heterocycles. The second kappa shape index (κ2) is 5.32. The van der Waals surface area contributed by atoms with E-state index in [-0.39, 0.29) is 23.9 Å². The summed E-state index contributed by atoms with van der Waals surface area (Å²) in [7, 11) is 1.66. The Labute approximate surface area is 114 Å². The highest BCUT2D eigenvalue weighted by Gasteiger charge is 2.36. The lowest BCUT2D eigenvalue weighted by molar-refractivity contribution is -0.274. The molecule has 1 aliphatic rings. The molecule has 0 bridgehead atoms. The first-order valence-corrected chi connectivity index (χ1v) is 6.20. The average molecular weight is 288 g/mol. The molecular weight excluding hydrogens is 273 g/mol. The van der Waals surface area contributed by atoms with E-state index in [1.165, 1.54) is 24.3 Å². The second-order valence-corrected chi connectivity index (χ2v) is 4.60. The van der Waals surface area contributed by atoms with E-state index in [2.05, 4.69) is 10.1 Å². The molecule has 1 fully saturated rings. The Morgan fingerprint density at radius 1 is 1.30 bits per heavy atom. The SMILES string of the molecule is CCC1NC(c2ccc(OC(F)(F)F)cc2)N(C)C1=O. The highest BCUT2D eigenvalue weighted by molar-refractivity contribution is 5.84. The maximum atomic E-state index is 12.1. The normalized spacial score (nSPS) is 23.2. The predicted molar refractivity (Wildman–Crippen MR) is 65.9 cm³/mol. The molecule has 1 aliphatic heterocycles. The van der Waals surface area contributed by atoms with Crippen molar-refractivity contribution >= 4 is 5.91 Å². The summed E-state index contributed by atoms with van der Waals surface area (Å²) >= 11 is 0. The lowest BCUT2D eigenvalue weighted by Crippen LogP contribution is -2.27. The zero-order valence-corrected chi connectivity index (χ0v) is 11.1. The third kappa shape index (κ3) is 3.04. The predicted octanol–water partition coefficient (Wildman–Crippen LogP) is 2.42. The van der Waals surface area contributed by atoms with E-state index >= 15 is 0 Å². The molecule has 0 spiro atoms. The molecule has 1 aromatic carbocycles. The number of likely N-dealkylation sites (N-methyl/N-ethyl adjacent to an activating group) is 1. The Bertz CT molecular complexity index is 487. The highest BCUT2D eigenvalue weighted by atomic mass is 19.4. The quantitative estimate of drug-likeness (QED) is 0.928. The molecule has 1 saturated heterocycles. The van der Waals surface area contributed by atoms with Crippen LogP contribution in [0.4, 0.5) is 13.2 Å². The van der Waals surface area contributed by atoms with Crippen molar-refractivity contribution < 1.29 is 22.7 Å². The van der Waals surface area contributed by atoms with Crippen molar-refractivity contribution in [3.8, 4) is 5.75 Å². The second-order valence-electron chi connectivity index (χ2n) is 4.60. The van der Waals surface area contributed by atoms with Gasteiger partial charge in [0.25, 0.3) is 0 Å². The summed E-state index contributed by atoms with van der Waals surface area (Å²) in [6, 6.07) is 5.25. The van der Waals surface area contributed by atoms with E-state index in [0.717, 1.165) is 0 Å². The number of nitrogens with one attached hydrogen (secondary N) is 1. The Balaban J connectivity index is 2.13. The maximum Gasteiger partial charge on any atom is 0.573 e. The molecular formula is C13H15F3N2O2. The zero-order chi connectivity index (χ0) is 14.9. The number of halogens is 3. The molecule has 1 N–H and O–H groups in total. The van der Waals surface area contributed by atoms with Crippen LogP contribution in [0.15, 0.2) is 24.3 Å². The fourth-order valence-electron chi connectivity index (χ4n) is 2.21. The van der Waals surface area contributed by atoms with Crippen LogP contribution in [0.5, 0.6) is 5.75 Å². The maximum absolute atomic E-state index is 12.1. The van der Waals surface area contributed by atoms with Gasteiger partial charge in [-0.2, -0.15) is 0 Å². The van der Waals surface area contributed by atoms with Gasteiger partial charge in [-0.3, -0.25) is 10.1 Å². The molecule has 0 aliphatic carbocycles. The van der Waals surface area contributed by atoms with Crippen LogP contribution in [0.3, 0.4) is 0 Å². The molecule has 1 amide bonds. The lowest BCUT2D eigenvalue weighted by Gasteiger charge is -2.20. The van der Waals surface area contributed by atoms with Gasteiger partial charge in [-0.25, -0.2) is 0 Å². The minimum Gasteiger partial charge on any atom is -0.406 e. The summed E-state index contributed by atoms with van der Waals surface area (Å²) in [6.45, 7) is 1.89. The van der Waals surface area contributed by atoms with E-state index in [1.807, 2.05) is 6.92 Å². The molecule has 0 radical (unpaired) electrons. The lowest BCUT2D eigenvalue weighted by atomic mass is 10.1. The van der Waals surface area contributed by atoms with Crippen molar-refractivity contribution in [2.24, 2.45) is 0 Å². The minimum atomic E-state index is -4.70. The molecule has 1 aromatic rings. The molecule has 4 nitrogen and oxygen atoms in total. The summed E-state index contributed by atoms with van der Waals surface area (Å²) in [4.78, 5) is 13.4. The number of carbonyl (C=O) groups is 1. The number of ether oxygens (including phenoxy) is 1. The first-order valence-electron chi connectivity index (χ1n) is 6.20.